The molecule has 1 saturated heterocycles. The maximum atomic E-state index is 13.7. The molecule has 4 heteroatoms. The lowest BCUT2D eigenvalue weighted by molar-refractivity contribution is 0.0661. The average molecular weight is 239 g/mol. The molecule has 0 radical (unpaired) electrons. The van der Waals surface area contributed by atoms with Crippen molar-refractivity contribution in [2.75, 3.05) is 13.2 Å². The third kappa shape index (κ3) is 2.96. The van der Waals surface area contributed by atoms with Crippen molar-refractivity contribution in [3.63, 3.8) is 0 Å². The Morgan fingerprint density at radius 2 is 2.41 bits per heavy atom. The summed E-state index contributed by atoms with van der Waals surface area (Å²) in [6.07, 6.45) is 2.10. The molecule has 2 N–H and O–H groups in total. The zero-order valence-corrected chi connectivity index (χ0v) is 9.99. The average Bonchev–Trinajstić information content (AvgIpc) is 2.80. The van der Waals surface area contributed by atoms with Gasteiger partial charge in [0.2, 0.25) is 0 Å². The second kappa shape index (κ2) is 5.47. The number of nitrogens with two attached hydrogens (primary N) is 1. The summed E-state index contributed by atoms with van der Waals surface area (Å²) >= 11 is 0. The molecule has 94 valence electrons. The van der Waals surface area contributed by atoms with E-state index in [1.165, 1.54) is 6.07 Å². The predicted molar refractivity (Wildman–Crippen MR) is 63.5 cm³/mol. The van der Waals surface area contributed by atoms with Gasteiger partial charge in [-0.05, 0) is 25.8 Å². The van der Waals surface area contributed by atoms with Gasteiger partial charge in [0.05, 0.1) is 6.10 Å². The highest BCUT2D eigenvalue weighted by atomic mass is 19.1. The van der Waals surface area contributed by atoms with Gasteiger partial charge in [-0.1, -0.05) is 12.1 Å². The lowest BCUT2D eigenvalue weighted by Crippen LogP contribution is -2.18. The molecule has 0 aromatic heterocycles. The fourth-order valence-electron chi connectivity index (χ4n) is 1.99. The van der Waals surface area contributed by atoms with Crippen LogP contribution in [-0.2, 0) is 4.74 Å². The molecule has 0 spiro atoms. The first kappa shape index (κ1) is 12.3. The summed E-state index contributed by atoms with van der Waals surface area (Å²) in [5.74, 6) is -0.101. The van der Waals surface area contributed by atoms with E-state index >= 15 is 0 Å². The Morgan fingerprint density at radius 1 is 1.59 bits per heavy atom. The Labute approximate surface area is 101 Å². The molecule has 1 fully saturated rings. The van der Waals surface area contributed by atoms with Gasteiger partial charge in [0, 0.05) is 18.2 Å². The topological polar surface area (TPSA) is 44.5 Å². The highest BCUT2D eigenvalue weighted by molar-refractivity contribution is 5.36. The first-order valence-corrected chi connectivity index (χ1v) is 5.97. The number of benzene rings is 1. The number of hydrogen-bond acceptors (Lipinski definition) is 3. The Balaban J connectivity index is 2.07. The van der Waals surface area contributed by atoms with Crippen molar-refractivity contribution >= 4 is 0 Å². The van der Waals surface area contributed by atoms with Crippen LogP contribution in [-0.4, -0.2) is 19.3 Å². The fraction of sp³-hybridized carbons (Fsp3) is 0.538. The number of hydrogen-bond donors (Lipinski definition) is 1. The van der Waals surface area contributed by atoms with Crippen molar-refractivity contribution < 1.29 is 13.9 Å². The SMILES string of the molecule is C[C@H](N)c1cccc(F)c1OCC1CCCO1. The summed E-state index contributed by atoms with van der Waals surface area (Å²) in [6, 6.07) is 4.58. The minimum atomic E-state index is -0.363. The van der Waals surface area contributed by atoms with Crippen LogP contribution in [0.15, 0.2) is 18.2 Å². The molecule has 0 amide bonds. The second-order valence-electron chi connectivity index (χ2n) is 4.39. The molecule has 3 nitrogen and oxygen atoms in total. The summed E-state index contributed by atoms with van der Waals surface area (Å²) in [7, 11) is 0. The van der Waals surface area contributed by atoms with Crippen molar-refractivity contribution in [1.29, 1.82) is 0 Å². The molecule has 1 unspecified atom stereocenters. The third-order valence-electron chi connectivity index (χ3n) is 2.93. The minimum Gasteiger partial charge on any atom is -0.487 e. The Kier molecular flexibility index (Phi) is 3.97. The zero-order chi connectivity index (χ0) is 12.3. The van der Waals surface area contributed by atoms with Crippen LogP contribution in [0, 0.1) is 5.82 Å². The summed E-state index contributed by atoms with van der Waals surface area (Å²) in [4.78, 5) is 0. The van der Waals surface area contributed by atoms with Gasteiger partial charge >= 0.3 is 0 Å². The molecule has 1 aliphatic rings. The molecule has 2 rings (SSSR count). The maximum absolute atomic E-state index is 13.7. The lowest BCUT2D eigenvalue weighted by Gasteiger charge is -2.16. The molecule has 0 saturated carbocycles. The van der Waals surface area contributed by atoms with Gasteiger partial charge in [-0.2, -0.15) is 0 Å². The highest BCUT2D eigenvalue weighted by Crippen LogP contribution is 2.27. The van der Waals surface area contributed by atoms with E-state index in [0.717, 1.165) is 19.4 Å². The predicted octanol–water partition coefficient (Wildman–Crippen LogP) is 2.40. The van der Waals surface area contributed by atoms with E-state index in [-0.39, 0.29) is 23.7 Å². The molecule has 1 aliphatic heterocycles. The quantitative estimate of drug-likeness (QED) is 0.877. The molecular formula is C13H18FNO2. The summed E-state index contributed by atoms with van der Waals surface area (Å²) in [5.41, 5.74) is 6.49. The van der Waals surface area contributed by atoms with Crippen molar-refractivity contribution in [2.24, 2.45) is 5.73 Å². The number of rotatable bonds is 4. The molecule has 1 aromatic rings. The van der Waals surface area contributed by atoms with Gasteiger partial charge in [0.1, 0.15) is 6.61 Å². The second-order valence-corrected chi connectivity index (χ2v) is 4.39. The number of para-hydroxylation sites is 1. The third-order valence-corrected chi connectivity index (χ3v) is 2.93. The molecule has 0 aliphatic carbocycles. The largest absolute Gasteiger partial charge is 0.487 e. The molecule has 1 heterocycles. The van der Waals surface area contributed by atoms with Crippen molar-refractivity contribution in [2.45, 2.75) is 31.9 Å². The van der Waals surface area contributed by atoms with Crippen molar-refractivity contribution in [3.05, 3.63) is 29.6 Å². The summed E-state index contributed by atoms with van der Waals surface area (Å²) in [5, 5.41) is 0. The van der Waals surface area contributed by atoms with E-state index < -0.39 is 0 Å². The van der Waals surface area contributed by atoms with Crippen molar-refractivity contribution in [3.8, 4) is 5.75 Å². The molecular weight excluding hydrogens is 221 g/mol. The van der Waals surface area contributed by atoms with E-state index in [9.17, 15) is 4.39 Å². The van der Waals surface area contributed by atoms with Gasteiger partial charge in [-0.25, -0.2) is 4.39 Å². The van der Waals surface area contributed by atoms with Crippen LogP contribution in [0.4, 0.5) is 4.39 Å². The van der Waals surface area contributed by atoms with Gasteiger partial charge in [0.15, 0.2) is 11.6 Å². The van der Waals surface area contributed by atoms with Crippen LogP contribution in [0.5, 0.6) is 5.75 Å². The first-order valence-electron chi connectivity index (χ1n) is 5.97. The summed E-state index contributed by atoms with van der Waals surface area (Å²) in [6.45, 7) is 2.97. The maximum Gasteiger partial charge on any atom is 0.165 e. The number of halogens is 1. The fourth-order valence-corrected chi connectivity index (χ4v) is 1.99. The van der Waals surface area contributed by atoms with E-state index in [0.29, 0.717) is 12.2 Å². The molecule has 17 heavy (non-hydrogen) atoms. The minimum absolute atomic E-state index is 0.0792. The zero-order valence-electron chi connectivity index (χ0n) is 9.99. The summed E-state index contributed by atoms with van der Waals surface area (Å²) < 4.78 is 24.6. The highest BCUT2D eigenvalue weighted by Gasteiger charge is 2.19. The monoisotopic (exact) mass is 239 g/mol. The van der Waals surface area contributed by atoms with Crippen LogP contribution in [0.25, 0.3) is 0 Å². The van der Waals surface area contributed by atoms with Crippen LogP contribution in [0.1, 0.15) is 31.4 Å². The van der Waals surface area contributed by atoms with Gasteiger partial charge < -0.3 is 15.2 Å². The standard InChI is InChI=1S/C13H18FNO2/c1-9(15)11-5-2-6-12(14)13(11)17-8-10-4-3-7-16-10/h2,5-6,9-10H,3-4,7-8,15H2,1H3/t9-,10?/m0/s1. The van der Waals surface area contributed by atoms with Gasteiger partial charge in [0.25, 0.3) is 0 Å². The van der Waals surface area contributed by atoms with Gasteiger partial charge in [-0.3, -0.25) is 0 Å². The van der Waals surface area contributed by atoms with Crippen LogP contribution < -0.4 is 10.5 Å². The van der Waals surface area contributed by atoms with E-state index in [2.05, 4.69) is 0 Å². The van der Waals surface area contributed by atoms with E-state index in [4.69, 9.17) is 15.2 Å². The van der Waals surface area contributed by atoms with Crippen LogP contribution in [0.3, 0.4) is 0 Å². The molecule has 0 bridgehead atoms. The Morgan fingerprint density at radius 3 is 3.06 bits per heavy atom. The van der Waals surface area contributed by atoms with Gasteiger partial charge in [-0.15, -0.1) is 0 Å². The molecule has 1 aromatic carbocycles. The van der Waals surface area contributed by atoms with Crippen molar-refractivity contribution in [1.82, 2.24) is 0 Å². The Bertz CT molecular complexity index is 376. The van der Waals surface area contributed by atoms with E-state index in [1.807, 2.05) is 6.92 Å². The van der Waals surface area contributed by atoms with E-state index in [1.54, 1.807) is 12.1 Å². The smallest absolute Gasteiger partial charge is 0.165 e. The Hall–Kier alpha value is -1.13. The van der Waals surface area contributed by atoms with Crippen LogP contribution in [0.2, 0.25) is 0 Å². The lowest BCUT2D eigenvalue weighted by atomic mass is 10.1. The normalized spacial score (nSPS) is 21.5. The first-order chi connectivity index (χ1) is 8.18. The number of ether oxygens (including phenoxy) is 2. The van der Waals surface area contributed by atoms with Crippen LogP contribution >= 0.6 is 0 Å². The molecule has 2 atom stereocenters.